The lowest BCUT2D eigenvalue weighted by molar-refractivity contribution is 0.0528. The van der Waals surface area contributed by atoms with Gasteiger partial charge in [-0.15, -0.1) is 0 Å². The molecule has 4 rings (SSSR count). The van der Waals surface area contributed by atoms with Crippen molar-refractivity contribution >= 4 is 28.4 Å². The van der Waals surface area contributed by atoms with Crippen LogP contribution in [0.5, 0.6) is 0 Å². The van der Waals surface area contributed by atoms with Gasteiger partial charge in [-0.25, -0.2) is 18.7 Å². The Hall–Kier alpha value is -4.11. The second kappa shape index (κ2) is 8.94. The van der Waals surface area contributed by atoms with Gasteiger partial charge < -0.3 is 14.5 Å². The van der Waals surface area contributed by atoms with Crippen molar-refractivity contribution < 1.29 is 18.3 Å². The number of benzene rings is 1. The average Bonchev–Trinajstić information content (AvgIpc) is 3.37. The lowest BCUT2D eigenvalue weighted by Gasteiger charge is -2.15. The van der Waals surface area contributed by atoms with Gasteiger partial charge >= 0.3 is 5.97 Å². The van der Waals surface area contributed by atoms with Gasteiger partial charge in [-0.2, -0.15) is 5.10 Å². The first-order valence-corrected chi connectivity index (χ1v) is 10.0. The summed E-state index contributed by atoms with van der Waals surface area (Å²) in [5.74, 6) is 0.177. The number of hydrogen-bond donors (Lipinski definition) is 1. The molecular formula is C21H20FN7O3. The van der Waals surface area contributed by atoms with Crippen LogP contribution in [0.25, 0.3) is 27.1 Å². The Balaban J connectivity index is 1.64. The zero-order chi connectivity index (χ0) is 22.7. The topological polar surface area (TPSA) is 130 Å². The van der Waals surface area contributed by atoms with E-state index in [9.17, 15) is 9.18 Å². The van der Waals surface area contributed by atoms with Crippen molar-refractivity contribution in [3.05, 3.63) is 69.8 Å². The molecule has 3 aromatic heterocycles. The van der Waals surface area contributed by atoms with E-state index in [1.54, 1.807) is 25.3 Å². The van der Waals surface area contributed by atoms with Crippen molar-refractivity contribution in [3.8, 4) is 0 Å². The molecule has 3 heterocycles. The number of ether oxygens (including phenoxy) is 1. The predicted molar refractivity (Wildman–Crippen MR) is 115 cm³/mol. The fraction of sp³-hybridized carbons (Fsp3) is 0.286. The summed E-state index contributed by atoms with van der Waals surface area (Å²) in [4.78, 5) is 19.3. The highest BCUT2D eigenvalue weighted by atomic mass is 19.1. The molecule has 0 saturated heterocycles. The van der Waals surface area contributed by atoms with Crippen LogP contribution in [0, 0.1) is 5.82 Å². The number of esters is 1. The van der Waals surface area contributed by atoms with Gasteiger partial charge in [0, 0.05) is 35.0 Å². The highest BCUT2D eigenvalue weighted by molar-refractivity contribution is 5.95. The zero-order valence-electron chi connectivity index (χ0n) is 17.4. The Morgan fingerprint density at radius 3 is 3.06 bits per heavy atom. The maximum absolute atomic E-state index is 14.3. The van der Waals surface area contributed by atoms with Crippen LogP contribution in [0.2, 0.25) is 0 Å². The van der Waals surface area contributed by atoms with Crippen molar-refractivity contribution in [1.82, 2.24) is 14.6 Å². The van der Waals surface area contributed by atoms with E-state index in [0.29, 0.717) is 40.2 Å². The molecule has 0 aliphatic heterocycles. The standard InChI is InChI=1S/C21H20FN7O3/c1-3-31-21(30)17-11-25-29-7-5-18(27-20(17)29)26-12(2)16-10-14(22)8-13-9-15(32-19(13)16)4-6-24-28-23/h5,7-12H,3-4,6H2,1-2H3,(H,26,27)/t12-/m1/s1. The molecule has 0 bridgehead atoms. The van der Waals surface area contributed by atoms with Crippen LogP contribution in [-0.2, 0) is 11.2 Å². The lowest BCUT2D eigenvalue weighted by atomic mass is 10.1. The molecule has 0 unspecified atom stereocenters. The van der Waals surface area contributed by atoms with Gasteiger partial charge in [0.25, 0.3) is 0 Å². The van der Waals surface area contributed by atoms with Crippen LogP contribution in [0.3, 0.4) is 0 Å². The first-order chi connectivity index (χ1) is 15.5. The van der Waals surface area contributed by atoms with Gasteiger partial charge in [-0.1, -0.05) is 5.11 Å². The van der Waals surface area contributed by atoms with E-state index in [1.807, 2.05) is 6.92 Å². The van der Waals surface area contributed by atoms with E-state index < -0.39 is 11.8 Å². The van der Waals surface area contributed by atoms with Crippen LogP contribution in [0.15, 0.2) is 46.2 Å². The van der Waals surface area contributed by atoms with Gasteiger partial charge in [0.2, 0.25) is 0 Å². The number of carbonyl (C=O) groups is 1. The molecule has 0 saturated carbocycles. The number of furan rings is 1. The Kier molecular flexibility index (Phi) is 5.91. The summed E-state index contributed by atoms with van der Waals surface area (Å²) in [5, 5.41) is 11.5. The first-order valence-electron chi connectivity index (χ1n) is 10.0. The van der Waals surface area contributed by atoms with Crippen LogP contribution < -0.4 is 5.32 Å². The predicted octanol–water partition coefficient (Wildman–Crippen LogP) is 4.82. The van der Waals surface area contributed by atoms with E-state index in [1.165, 1.54) is 22.8 Å². The molecule has 0 radical (unpaired) electrons. The van der Waals surface area contributed by atoms with Gasteiger partial charge in [-0.3, -0.25) is 0 Å². The molecule has 1 atom stereocenters. The second-order valence-corrected chi connectivity index (χ2v) is 7.06. The molecule has 0 fully saturated rings. The number of hydrogen-bond acceptors (Lipinski definition) is 7. The highest BCUT2D eigenvalue weighted by Gasteiger charge is 2.18. The number of nitrogens with zero attached hydrogens (tertiary/aromatic N) is 6. The minimum atomic E-state index is -0.504. The highest BCUT2D eigenvalue weighted by Crippen LogP contribution is 2.30. The molecule has 32 heavy (non-hydrogen) atoms. The third kappa shape index (κ3) is 4.19. The van der Waals surface area contributed by atoms with Crippen molar-refractivity contribution in [2.24, 2.45) is 5.11 Å². The summed E-state index contributed by atoms with van der Waals surface area (Å²) in [7, 11) is 0. The second-order valence-electron chi connectivity index (χ2n) is 7.06. The van der Waals surface area contributed by atoms with Crippen LogP contribution in [-0.4, -0.2) is 33.7 Å². The number of halogens is 1. The average molecular weight is 437 g/mol. The summed E-state index contributed by atoms with van der Waals surface area (Å²) in [5.41, 5.74) is 10.2. The molecule has 0 amide bonds. The monoisotopic (exact) mass is 437 g/mol. The summed E-state index contributed by atoms with van der Waals surface area (Å²) in [6.45, 7) is 4.07. The fourth-order valence-electron chi connectivity index (χ4n) is 3.45. The number of anilines is 1. The maximum atomic E-state index is 14.3. The Morgan fingerprint density at radius 1 is 1.44 bits per heavy atom. The Morgan fingerprint density at radius 2 is 2.28 bits per heavy atom. The molecule has 0 spiro atoms. The van der Waals surface area contributed by atoms with Crippen molar-refractivity contribution in [2.75, 3.05) is 18.5 Å². The number of aromatic nitrogens is 3. The first kappa shape index (κ1) is 21.1. The third-order valence-corrected chi connectivity index (χ3v) is 4.88. The molecule has 0 aliphatic rings. The maximum Gasteiger partial charge on any atom is 0.343 e. The molecule has 0 aliphatic carbocycles. The Bertz CT molecular complexity index is 1340. The smallest absolute Gasteiger partial charge is 0.343 e. The van der Waals surface area contributed by atoms with Gasteiger partial charge in [0.05, 0.1) is 18.8 Å². The van der Waals surface area contributed by atoms with E-state index in [0.717, 1.165) is 0 Å². The molecule has 1 aromatic carbocycles. The molecule has 164 valence electrons. The zero-order valence-corrected chi connectivity index (χ0v) is 17.4. The molecule has 11 heteroatoms. The van der Waals surface area contributed by atoms with E-state index in [4.69, 9.17) is 14.7 Å². The minimum Gasteiger partial charge on any atom is -0.462 e. The fourth-order valence-corrected chi connectivity index (χ4v) is 3.45. The summed E-state index contributed by atoms with van der Waals surface area (Å²) in [6, 6.07) is 5.88. The molecular weight excluding hydrogens is 417 g/mol. The van der Waals surface area contributed by atoms with Gasteiger partial charge in [-0.05, 0) is 43.6 Å². The minimum absolute atomic E-state index is 0.245. The Labute approximate surface area is 181 Å². The molecule has 1 N–H and O–H groups in total. The normalized spacial score (nSPS) is 12.0. The van der Waals surface area contributed by atoms with Crippen LogP contribution >= 0.6 is 0 Å². The van der Waals surface area contributed by atoms with Crippen molar-refractivity contribution in [1.29, 1.82) is 0 Å². The summed E-state index contributed by atoms with van der Waals surface area (Å²) < 4.78 is 26.7. The summed E-state index contributed by atoms with van der Waals surface area (Å²) in [6.07, 6.45) is 3.49. The van der Waals surface area contributed by atoms with Gasteiger partial charge in [0.15, 0.2) is 5.65 Å². The number of nitrogens with one attached hydrogen (secondary N) is 1. The van der Waals surface area contributed by atoms with E-state index in [2.05, 4.69) is 25.4 Å². The molecule has 10 nitrogen and oxygen atoms in total. The van der Waals surface area contributed by atoms with Crippen LogP contribution in [0.4, 0.5) is 10.2 Å². The summed E-state index contributed by atoms with van der Waals surface area (Å²) >= 11 is 0. The number of rotatable bonds is 8. The lowest BCUT2D eigenvalue weighted by Crippen LogP contribution is -2.10. The quantitative estimate of drug-likeness (QED) is 0.182. The third-order valence-electron chi connectivity index (χ3n) is 4.88. The van der Waals surface area contributed by atoms with E-state index in [-0.39, 0.29) is 24.8 Å². The largest absolute Gasteiger partial charge is 0.462 e. The number of azide groups is 1. The van der Waals surface area contributed by atoms with Crippen molar-refractivity contribution in [3.63, 3.8) is 0 Å². The number of carbonyl (C=O) groups excluding carboxylic acids is 1. The van der Waals surface area contributed by atoms with Gasteiger partial charge in [0.1, 0.15) is 28.5 Å². The van der Waals surface area contributed by atoms with Crippen molar-refractivity contribution in [2.45, 2.75) is 26.3 Å². The van der Waals surface area contributed by atoms with Crippen LogP contribution in [0.1, 0.15) is 41.6 Å². The SMILES string of the molecule is CCOC(=O)c1cnn2ccc(N[C@H](C)c3cc(F)cc4cc(CCN=[N+]=[N-])oc34)nc12. The molecule has 4 aromatic rings. The van der Waals surface area contributed by atoms with E-state index >= 15 is 0 Å². The number of fused-ring (bicyclic) bond motifs is 2.